The van der Waals surface area contributed by atoms with Crippen LogP contribution in [0.4, 0.5) is 0 Å². The molecule has 0 saturated heterocycles. The maximum Gasteiger partial charge on any atom is 0.148 e. The van der Waals surface area contributed by atoms with Gasteiger partial charge in [0.05, 0.1) is 22.7 Å². The van der Waals surface area contributed by atoms with Gasteiger partial charge in [0.15, 0.2) is 0 Å². The molecule has 0 aliphatic carbocycles. The molecule has 0 saturated carbocycles. The molecule has 0 unspecified atom stereocenters. The molecule has 154 valence electrons. The van der Waals surface area contributed by atoms with Crippen molar-refractivity contribution in [1.29, 1.82) is 0 Å². The molecule has 4 nitrogen and oxygen atoms in total. The van der Waals surface area contributed by atoms with Gasteiger partial charge in [-0.25, -0.2) is 4.98 Å². The summed E-state index contributed by atoms with van der Waals surface area (Å²) in [7, 11) is 0. The van der Waals surface area contributed by atoms with E-state index in [1.807, 2.05) is 48.5 Å². The lowest BCUT2D eigenvalue weighted by Crippen LogP contribution is -2.10. The van der Waals surface area contributed by atoms with E-state index in [9.17, 15) is 0 Å². The first-order valence-corrected chi connectivity index (χ1v) is 10.5. The number of halogens is 1. The summed E-state index contributed by atoms with van der Waals surface area (Å²) in [6.07, 6.45) is 0.867. The Kier molecular flexibility index (Phi) is 6.24. The fraction of sp³-hybridized carbons (Fsp3) is 0.240. The van der Waals surface area contributed by atoms with Gasteiger partial charge >= 0.3 is 0 Å². The van der Waals surface area contributed by atoms with E-state index >= 15 is 0 Å². The number of ether oxygens (including phenoxy) is 2. The van der Waals surface area contributed by atoms with Crippen molar-refractivity contribution in [2.24, 2.45) is 0 Å². The summed E-state index contributed by atoms with van der Waals surface area (Å²) < 4.78 is 14.1. The first-order chi connectivity index (χ1) is 14.6. The Bertz CT molecular complexity index is 1150. The molecule has 30 heavy (non-hydrogen) atoms. The summed E-state index contributed by atoms with van der Waals surface area (Å²) in [5.41, 5.74) is 4.58. The normalized spacial score (nSPS) is 11.0. The minimum Gasteiger partial charge on any atom is -0.494 e. The fourth-order valence-electron chi connectivity index (χ4n) is 3.41. The van der Waals surface area contributed by atoms with E-state index in [4.69, 9.17) is 26.1 Å². The van der Waals surface area contributed by atoms with Crippen LogP contribution >= 0.6 is 11.6 Å². The molecule has 0 bridgehead atoms. The van der Waals surface area contributed by atoms with E-state index in [0.717, 1.165) is 35.6 Å². The van der Waals surface area contributed by atoms with Crippen molar-refractivity contribution in [1.82, 2.24) is 9.55 Å². The fourth-order valence-corrected chi connectivity index (χ4v) is 3.60. The van der Waals surface area contributed by atoms with E-state index in [1.165, 1.54) is 11.1 Å². The number of aryl methyl sites for hydroxylation is 3. The van der Waals surface area contributed by atoms with Crippen molar-refractivity contribution in [3.63, 3.8) is 0 Å². The predicted octanol–water partition coefficient (Wildman–Crippen LogP) is 6.35. The highest BCUT2D eigenvalue weighted by Crippen LogP contribution is 2.25. The maximum atomic E-state index is 6.22. The van der Waals surface area contributed by atoms with Crippen molar-refractivity contribution in [3.8, 4) is 11.5 Å². The Morgan fingerprint density at radius 2 is 1.70 bits per heavy atom. The van der Waals surface area contributed by atoms with Crippen LogP contribution in [-0.4, -0.2) is 16.2 Å². The van der Waals surface area contributed by atoms with Crippen LogP contribution in [0.3, 0.4) is 0 Å². The Morgan fingerprint density at radius 1 is 0.900 bits per heavy atom. The minimum absolute atomic E-state index is 0.358. The Balaban J connectivity index is 1.44. The molecule has 4 rings (SSSR count). The van der Waals surface area contributed by atoms with E-state index < -0.39 is 0 Å². The van der Waals surface area contributed by atoms with Gasteiger partial charge in [-0.05, 0) is 67.8 Å². The van der Waals surface area contributed by atoms with Gasteiger partial charge in [0.2, 0.25) is 0 Å². The van der Waals surface area contributed by atoms with Crippen LogP contribution in [0.25, 0.3) is 11.0 Å². The second kappa shape index (κ2) is 9.23. The first kappa shape index (κ1) is 20.3. The summed E-state index contributed by atoms with van der Waals surface area (Å²) in [5.74, 6) is 2.45. The van der Waals surface area contributed by atoms with E-state index in [1.54, 1.807) is 0 Å². The highest BCUT2D eigenvalue weighted by molar-refractivity contribution is 6.32. The molecule has 4 aromatic rings. The average Bonchev–Trinajstić information content (AvgIpc) is 3.10. The van der Waals surface area contributed by atoms with Gasteiger partial charge in [-0.3, -0.25) is 0 Å². The monoisotopic (exact) mass is 420 g/mol. The Labute approximate surface area is 182 Å². The first-order valence-electron chi connectivity index (χ1n) is 10.1. The highest BCUT2D eigenvalue weighted by Gasteiger charge is 2.12. The molecule has 3 aromatic carbocycles. The van der Waals surface area contributed by atoms with Crippen LogP contribution < -0.4 is 9.47 Å². The van der Waals surface area contributed by atoms with Crippen LogP contribution in [0.15, 0.2) is 66.7 Å². The summed E-state index contributed by atoms with van der Waals surface area (Å²) in [6, 6.07) is 21.8. The second-order valence-corrected chi connectivity index (χ2v) is 7.74. The van der Waals surface area contributed by atoms with Crippen LogP contribution in [-0.2, 0) is 13.2 Å². The lowest BCUT2D eigenvalue weighted by Gasteiger charge is -2.12. The van der Waals surface area contributed by atoms with Crippen LogP contribution in [0.1, 0.15) is 23.4 Å². The molecule has 1 heterocycles. The lowest BCUT2D eigenvalue weighted by atomic mass is 10.1. The summed E-state index contributed by atoms with van der Waals surface area (Å²) >= 11 is 6.22. The number of benzene rings is 3. The number of imidazole rings is 1. The number of nitrogens with zero attached hydrogens (tertiary/aromatic N) is 2. The molecule has 5 heteroatoms. The average molecular weight is 421 g/mol. The van der Waals surface area contributed by atoms with Crippen LogP contribution in [0, 0.1) is 13.8 Å². The number of hydrogen-bond acceptors (Lipinski definition) is 3. The largest absolute Gasteiger partial charge is 0.494 e. The smallest absolute Gasteiger partial charge is 0.148 e. The SMILES string of the molecule is Cc1ccc(OCCCn2c(COc3ccccc3Cl)nc3ccccc32)cc1C. The summed E-state index contributed by atoms with van der Waals surface area (Å²) in [4.78, 5) is 4.77. The van der Waals surface area contributed by atoms with Gasteiger partial charge < -0.3 is 14.0 Å². The molecule has 1 aromatic heterocycles. The van der Waals surface area contributed by atoms with Crippen molar-refractivity contribution in [2.75, 3.05) is 6.61 Å². The number of para-hydroxylation sites is 3. The zero-order chi connectivity index (χ0) is 20.9. The summed E-state index contributed by atoms with van der Waals surface area (Å²) in [5, 5.41) is 0.599. The third-order valence-electron chi connectivity index (χ3n) is 5.20. The number of hydrogen-bond donors (Lipinski definition) is 0. The quantitative estimate of drug-likeness (QED) is 0.311. The molecule has 0 amide bonds. The van der Waals surface area contributed by atoms with Crippen molar-refractivity contribution >= 4 is 22.6 Å². The highest BCUT2D eigenvalue weighted by atomic mass is 35.5. The molecule has 0 atom stereocenters. The van der Waals surface area contributed by atoms with Crippen molar-refractivity contribution in [3.05, 3.63) is 88.7 Å². The third-order valence-corrected chi connectivity index (χ3v) is 5.51. The standard InChI is InChI=1S/C25H25ClN2O2/c1-18-12-13-20(16-19(18)2)29-15-7-14-28-23-10-5-4-9-22(23)27-25(28)17-30-24-11-6-3-8-21(24)26/h3-6,8-13,16H,7,14-15,17H2,1-2H3. The molecular formula is C25H25ClN2O2. The number of rotatable bonds is 8. The number of aromatic nitrogens is 2. The lowest BCUT2D eigenvalue weighted by molar-refractivity contribution is 0.280. The van der Waals surface area contributed by atoms with Crippen LogP contribution in [0.5, 0.6) is 11.5 Å². The molecule has 0 fully saturated rings. The topological polar surface area (TPSA) is 36.3 Å². The van der Waals surface area contributed by atoms with Gasteiger partial charge in [-0.1, -0.05) is 41.9 Å². The third kappa shape index (κ3) is 4.60. The van der Waals surface area contributed by atoms with Crippen molar-refractivity contribution in [2.45, 2.75) is 33.4 Å². The molecule has 0 spiro atoms. The van der Waals surface area contributed by atoms with Gasteiger partial charge in [0, 0.05) is 6.54 Å². The van der Waals surface area contributed by atoms with Crippen LogP contribution in [0.2, 0.25) is 5.02 Å². The van der Waals surface area contributed by atoms with Crippen molar-refractivity contribution < 1.29 is 9.47 Å². The zero-order valence-electron chi connectivity index (χ0n) is 17.3. The Morgan fingerprint density at radius 3 is 2.53 bits per heavy atom. The Hall–Kier alpha value is -2.98. The molecular weight excluding hydrogens is 396 g/mol. The van der Waals surface area contributed by atoms with E-state index in [-0.39, 0.29) is 0 Å². The predicted molar refractivity (Wildman–Crippen MR) is 122 cm³/mol. The minimum atomic E-state index is 0.358. The molecule has 0 N–H and O–H groups in total. The molecule has 0 aliphatic rings. The maximum absolute atomic E-state index is 6.22. The van der Waals surface area contributed by atoms with Gasteiger partial charge in [0.25, 0.3) is 0 Å². The van der Waals surface area contributed by atoms with E-state index in [2.05, 4.69) is 36.6 Å². The van der Waals surface area contributed by atoms with Gasteiger partial charge in [-0.2, -0.15) is 0 Å². The molecule has 0 radical (unpaired) electrons. The number of fused-ring (bicyclic) bond motifs is 1. The van der Waals surface area contributed by atoms with Gasteiger partial charge in [-0.15, -0.1) is 0 Å². The zero-order valence-corrected chi connectivity index (χ0v) is 18.0. The second-order valence-electron chi connectivity index (χ2n) is 7.34. The van der Waals surface area contributed by atoms with Gasteiger partial charge in [0.1, 0.15) is 23.9 Å². The molecule has 0 aliphatic heterocycles. The van der Waals surface area contributed by atoms with E-state index in [0.29, 0.717) is 24.0 Å². The summed E-state index contributed by atoms with van der Waals surface area (Å²) in [6.45, 7) is 6.00.